The highest BCUT2D eigenvalue weighted by atomic mass is 35.5. The smallest absolute Gasteiger partial charge is 0.255 e. The molecule has 1 aliphatic rings. The number of phenols is 2. The SMILES string of the molecule is O=C1CCCC/C=C/CCNC(=O)c2c(O)cc(O)c(Cl)c2C1. The lowest BCUT2D eigenvalue weighted by molar-refractivity contribution is -0.118. The van der Waals surface area contributed by atoms with Gasteiger partial charge in [-0.1, -0.05) is 23.8 Å². The average Bonchev–Trinajstić information content (AvgIpc) is 2.50. The van der Waals surface area contributed by atoms with Crippen molar-refractivity contribution in [2.75, 3.05) is 6.54 Å². The van der Waals surface area contributed by atoms with Crippen molar-refractivity contribution >= 4 is 23.3 Å². The van der Waals surface area contributed by atoms with Gasteiger partial charge >= 0.3 is 0 Å². The van der Waals surface area contributed by atoms with Crippen LogP contribution in [-0.2, 0) is 11.2 Å². The molecule has 1 aromatic rings. The van der Waals surface area contributed by atoms with Crippen molar-refractivity contribution in [3.8, 4) is 11.5 Å². The van der Waals surface area contributed by atoms with Crippen LogP contribution >= 0.6 is 11.6 Å². The summed E-state index contributed by atoms with van der Waals surface area (Å²) in [4.78, 5) is 24.4. The molecular weight excluding hydrogens is 318 g/mol. The molecule has 0 saturated carbocycles. The number of allylic oxidation sites excluding steroid dienone is 1. The van der Waals surface area contributed by atoms with Crippen molar-refractivity contribution in [1.82, 2.24) is 5.32 Å². The molecule has 0 atom stereocenters. The van der Waals surface area contributed by atoms with E-state index in [1.54, 1.807) is 0 Å². The summed E-state index contributed by atoms with van der Waals surface area (Å²) in [5, 5.41) is 22.4. The minimum atomic E-state index is -0.502. The van der Waals surface area contributed by atoms with Gasteiger partial charge in [-0.25, -0.2) is 0 Å². The highest BCUT2D eigenvalue weighted by molar-refractivity contribution is 6.33. The molecule has 0 fully saturated rings. The molecule has 0 saturated heterocycles. The predicted molar refractivity (Wildman–Crippen MR) is 88.1 cm³/mol. The Morgan fingerprint density at radius 2 is 1.78 bits per heavy atom. The van der Waals surface area contributed by atoms with E-state index in [2.05, 4.69) is 5.32 Å². The largest absolute Gasteiger partial charge is 0.507 e. The first kappa shape index (κ1) is 17.3. The van der Waals surface area contributed by atoms with E-state index >= 15 is 0 Å². The number of benzene rings is 1. The summed E-state index contributed by atoms with van der Waals surface area (Å²) >= 11 is 6.06. The molecule has 0 aliphatic carbocycles. The summed E-state index contributed by atoms with van der Waals surface area (Å²) in [6, 6.07) is 1.02. The normalized spacial score (nSPS) is 18.7. The topological polar surface area (TPSA) is 86.6 Å². The number of amides is 1. The van der Waals surface area contributed by atoms with Gasteiger partial charge in [0.25, 0.3) is 5.91 Å². The Morgan fingerprint density at radius 1 is 1.04 bits per heavy atom. The van der Waals surface area contributed by atoms with Crippen LogP contribution in [0.25, 0.3) is 0 Å². The molecule has 1 amide bonds. The number of aromatic hydroxyl groups is 2. The fourth-order valence-electron chi connectivity index (χ4n) is 2.57. The van der Waals surface area contributed by atoms with Crippen LogP contribution < -0.4 is 5.32 Å². The third-order valence-corrected chi connectivity index (χ3v) is 4.18. The van der Waals surface area contributed by atoms with Crippen molar-refractivity contribution in [1.29, 1.82) is 0 Å². The number of hydrogen-bond acceptors (Lipinski definition) is 4. The molecule has 23 heavy (non-hydrogen) atoms. The van der Waals surface area contributed by atoms with Gasteiger partial charge in [0.2, 0.25) is 0 Å². The monoisotopic (exact) mass is 337 g/mol. The Morgan fingerprint density at radius 3 is 2.57 bits per heavy atom. The van der Waals surface area contributed by atoms with Gasteiger partial charge in [0, 0.05) is 25.5 Å². The van der Waals surface area contributed by atoms with Gasteiger partial charge in [0.1, 0.15) is 17.3 Å². The quantitative estimate of drug-likeness (QED) is 0.635. The van der Waals surface area contributed by atoms with Crippen LogP contribution in [0.5, 0.6) is 11.5 Å². The number of ketones is 1. The Labute approximate surface area is 140 Å². The van der Waals surface area contributed by atoms with E-state index in [1.165, 1.54) is 0 Å². The van der Waals surface area contributed by atoms with Gasteiger partial charge in [0.05, 0.1) is 10.6 Å². The lowest BCUT2D eigenvalue weighted by Crippen LogP contribution is -2.26. The summed E-state index contributed by atoms with van der Waals surface area (Å²) in [6.45, 7) is 0.417. The Hall–Kier alpha value is -2.01. The van der Waals surface area contributed by atoms with Gasteiger partial charge in [0.15, 0.2) is 0 Å². The zero-order valence-electron chi connectivity index (χ0n) is 12.8. The van der Waals surface area contributed by atoms with Crippen molar-refractivity contribution in [3.63, 3.8) is 0 Å². The molecule has 0 bridgehead atoms. The fraction of sp³-hybridized carbons (Fsp3) is 0.412. The second-order valence-electron chi connectivity index (χ2n) is 5.56. The molecule has 0 spiro atoms. The number of nitrogens with one attached hydrogen (secondary N) is 1. The van der Waals surface area contributed by atoms with Crippen LogP contribution in [0.3, 0.4) is 0 Å². The van der Waals surface area contributed by atoms with Crippen molar-refractivity contribution in [2.24, 2.45) is 0 Å². The fourth-order valence-corrected chi connectivity index (χ4v) is 2.78. The highest BCUT2D eigenvalue weighted by Gasteiger charge is 2.23. The average molecular weight is 338 g/mol. The molecule has 5 nitrogen and oxygen atoms in total. The summed E-state index contributed by atoms with van der Waals surface area (Å²) in [5.41, 5.74) is 0.140. The van der Waals surface area contributed by atoms with E-state index in [-0.39, 0.29) is 39.9 Å². The summed E-state index contributed by atoms with van der Waals surface area (Å²) in [7, 11) is 0. The number of phenolic OH excluding ortho intramolecular Hbond substituents is 2. The zero-order valence-corrected chi connectivity index (χ0v) is 13.5. The second kappa shape index (κ2) is 8.02. The van der Waals surface area contributed by atoms with Gasteiger partial charge in [-0.3, -0.25) is 9.59 Å². The number of carbonyl (C=O) groups excluding carboxylic acids is 2. The number of halogens is 1. The van der Waals surface area contributed by atoms with Crippen LogP contribution in [0.4, 0.5) is 0 Å². The predicted octanol–water partition coefficient (Wildman–Crippen LogP) is 3.11. The number of Topliss-reactive ketones (excluding diaryl/α,β-unsaturated/α-hetero) is 1. The Bertz CT molecular complexity index is 640. The van der Waals surface area contributed by atoms with Crippen molar-refractivity contribution < 1.29 is 19.8 Å². The minimum Gasteiger partial charge on any atom is -0.507 e. The molecule has 2 rings (SSSR count). The zero-order chi connectivity index (χ0) is 16.8. The van der Waals surface area contributed by atoms with Crippen LogP contribution in [-0.4, -0.2) is 28.4 Å². The maximum Gasteiger partial charge on any atom is 0.255 e. The van der Waals surface area contributed by atoms with E-state index in [9.17, 15) is 19.8 Å². The summed E-state index contributed by atoms with van der Waals surface area (Å²) in [5.74, 6) is -1.30. The first-order chi connectivity index (χ1) is 11.0. The van der Waals surface area contributed by atoms with Crippen molar-refractivity contribution in [2.45, 2.75) is 38.5 Å². The molecule has 1 aromatic carbocycles. The molecule has 124 valence electrons. The van der Waals surface area contributed by atoms with Crippen LogP contribution in [0.1, 0.15) is 48.0 Å². The maximum atomic E-state index is 12.3. The lowest BCUT2D eigenvalue weighted by Gasteiger charge is -2.14. The molecule has 0 radical (unpaired) electrons. The molecule has 0 aromatic heterocycles. The highest BCUT2D eigenvalue weighted by Crippen LogP contribution is 2.36. The Kier molecular flexibility index (Phi) is 6.04. The van der Waals surface area contributed by atoms with Gasteiger partial charge in [-0.05, 0) is 31.2 Å². The van der Waals surface area contributed by atoms with E-state index in [4.69, 9.17) is 11.6 Å². The molecule has 6 heteroatoms. The van der Waals surface area contributed by atoms with Crippen LogP contribution in [0.15, 0.2) is 18.2 Å². The molecular formula is C17H20ClNO4. The van der Waals surface area contributed by atoms with E-state index in [1.807, 2.05) is 12.2 Å². The third-order valence-electron chi connectivity index (χ3n) is 3.76. The summed E-state index contributed by atoms with van der Waals surface area (Å²) in [6.07, 6.45) is 7.59. The first-order valence-electron chi connectivity index (χ1n) is 7.69. The maximum absolute atomic E-state index is 12.3. The summed E-state index contributed by atoms with van der Waals surface area (Å²) < 4.78 is 0. The van der Waals surface area contributed by atoms with Gasteiger partial charge < -0.3 is 15.5 Å². The Balaban J connectivity index is 2.38. The standard InChI is InChI=1S/C17H20ClNO4/c18-16-12-9-11(20)7-5-3-1-2-4-6-8-19-17(23)15(12)13(21)10-14(16)22/h2,4,10,21-22H,1,3,5-9H2,(H,19,23)/b4-2+. The first-order valence-corrected chi connectivity index (χ1v) is 8.06. The van der Waals surface area contributed by atoms with Gasteiger partial charge in [-0.15, -0.1) is 0 Å². The minimum absolute atomic E-state index is 0.0396. The van der Waals surface area contributed by atoms with E-state index < -0.39 is 5.91 Å². The molecule has 0 unspecified atom stereocenters. The molecule has 1 heterocycles. The van der Waals surface area contributed by atoms with E-state index in [0.717, 1.165) is 25.3 Å². The lowest BCUT2D eigenvalue weighted by atomic mass is 9.97. The van der Waals surface area contributed by atoms with Gasteiger partial charge in [-0.2, -0.15) is 0 Å². The number of carbonyl (C=O) groups is 2. The number of rotatable bonds is 0. The van der Waals surface area contributed by atoms with Crippen LogP contribution in [0, 0.1) is 0 Å². The third kappa shape index (κ3) is 4.48. The van der Waals surface area contributed by atoms with E-state index in [0.29, 0.717) is 19.4 Å². The molecule has 1 aliphatic heterocycles. The molecule has 3 N–H and O–H groups in total. The number of hydrogen-bond donors (Lipinski definition) is 3. The number of fused-ring (bicyclic) bond motifs is 1. The van der Waals surface area contributed by atoms with Crippen LogP contribution in [0.2, 0.25) is 5.02 Å². The van der Waals surface area contributed by atoms with Crippen molar-refractivity contribution in [3.05, 3.63) is 34.4 Å². The second-order valence-corrected chi connectivity index (χ2v) is 5.94.